The molecule has 7 heteroatoms. The Hall–Kier alpha value is -3.50. The molecule has 7 nitrogen and oxygen atoms in total. The molecule has 2 aromatic rings. The summed E-state index contributed by atoms with van der Waals surface area (Å²) in [5, 5.41) is 12.9. The van der Waals surface area contributed by atoms with Crippen LogP contribution in [0.5, 0.6) is 5.75 Å². The number of hydrogen-bond donors (Lipinski definition) is 2. The molecule has 1 aliphatic carbocycles. The van der Waals surface area contributed by atoms with Gasteiger partial charge in [-0.1, -0.05) is 42.9 Å². The van der Waals surface area contributed by atoms with Crippen LogP contribution in [0.25, 0.3) is 0 Å². The van der Waals surface area contributed by atoms with Crippen molar-refractivity contribution in [3.63, 3.8) is 0 Å². The number of carbonyl (C=O) groups excluding carboxylic acids is 2. The van der Waals surface area contributed by atoms with Crippen LogP contribution in [-0.2, 0) is 4.79 Å². The lowest BCUT2D eigenvalue weighted by Crippen LogP contribution is -2.73. The third-order valence-corrected chi connectivity index (χ3v) is 7.43. The molecule has 0 radical (unpaired) electrons. The van der Waals surface area contributed by atoms with E-state index in [9.17, 15) is 14.7 Å². The van der Waals surface area contributed by atoms with Crippen molar-refractivity contribution in [1.29, 1.82) is 0 Å². The Morgan fingerprint density at radius 3 is 2.66 bits per heavy atom. The zero-order valence-corrected chi connectivity index (χ0v) is 19.9. The minimum Gasteiger partial charge on any atom is -0.497 e. The number of aliphatic hydroxyl groups excluding tert-OH is 1. The van der Waals surface area contributed by atoms with Crippen LogP contribution in [0.1, 0.15) is 42.7 Å². The Bertz CT molecular complexity index is 1150. The summed E-state index contributed by atoms with van der Waals surface area (Å²) in [5.41, 5.74) is 2.65. The van der Waals surface area contributed by atoms with E-state index < -0.39 is 0 Å². The van der Waals surface area contributed by atoms with E-state index in [1.165, 1.54) is 25.7 Å². The number of urea groups is 1. The molecule has 3 amide bonds. The first-order valence-electron chi connectivity index (χ1n) is 12.3. The minimum atomic E-state index is -0.324. The van der Waals surface area contributed by atoms with Gasteiger partial charge in [0, 0.05) is 35.7 Å². The minimum absolute atomic E-state index is 0.00871. The van der Waals surface area contributed by atoms with Crippen LogP contribution >= 0.6 is 0 Å². The first kappa shape index (κ1) is 23.3. The molecule has 2 saturated heterocycles. The van der Waals surface area contributed by atoms with Gasteiger partial charge >= 0.3 is 6.03 Å². The molecule has 2 aliphatic heterocycles. The molecule has 2 N–H and O–H groups in total. The number of anilines is 1. The molecule has 0 bridgehead atoms. The van der Waals surface area contributed by atoms with Crippen molar-refractivity contribution in [2.75, 3.05) is 32.1 Å². The summed E-state index contributed by atoms with van der Waals surface area (Å²) in [6.45, 7) is 0.295. The fraction of sp³-hybridized carbons (Fsp3) is 0.429. The van der Waals surface area contributed by atoms with Gasteiger partial charge in [0.25, 0.3) is 0 Å². The lowest BCUT2D eigenvalue weighted by molar-refractivity contribution is -0.159. The van der Waals surface area contributed by atoms with Gasteiger partial charge in [-0.3, -0.25) is 4.79 Å². The molecule has 182 valence electrons. The maximum absolute atomic E-state index is 12.9. The Balaban J connectivity index is 1.29. The number of benzene rings is 2. The first-order valence-corrected chi connectivity index (χ1v) is 12.3. The van der Waals surface area contributed by atoms with Crippen LogP contribution in [0.15, 0.2) is 48.5 Å². The second-order valence-corrected chi connectivity index (χ2v) is 9.56. The normalized spacial score (nSPS) is 23.7. The van der Waals surface area contributed by atoms with Gasteiger partial charge in [0.05, 0.1) is 25.8 Å². The third kappa shape index (κ3) is 4.71. The summed E-state index contributed by atoms with van der Waals surface area (Å²) in [5.74, 6) is 7.66. The second-order valence-electron chi connectivity index (χ2n) is 9.56. The number of fused-ring (bicyclic) bond motifs is 1. The number of nitrogens with one attached hydrogen (secondary N) is 1. The molecule has 0 spiro atoms. The van der Waals surface area contributed by atoms with E-state index >= 15 is 0 Å². The third-order valence-electron chi connectivity index (χ3n) is 7.43. The number of hydrogen-bond acceptors (Lipinski definition) is 4. The highest BCUT2D eigenvalue weighted by Crippen LogP contribution is 2.43. The van der Waals surface area contributed by atoms with Crippen LogP contribution in [0.4, 0.5) is 10.5 Å². The maximum atomic E-state index is 12.9. The smallest absolute Gasteiger partial charge is 0.322 e. The number of piperazine rings is 1. The summed E-state index contributed by atoms with van der Waals surface area (Å²) in [4.78, 5) is 29.1. The van der Waals surface area contributed by atoms with Crippen molar-refractivity contribution >= 4 is 17.6 Å². The summed E-state index contributed by atoms with van der Waals surface area (Å²) >= 11 is 0. The van der Waals surface area contributed by atoms with Gasteiger partial charge in [-0.05, 0) is 42.7 Å². The lowest BCUT2D eigenvalue weighted by atomic mass is 9.73. The average molecular weight is 474 g/mol. The number of aliphatic hydroxyl groups is 1. The van der Waals surface area contributed by atoms with Crippen molar-refractivity contribution in [2.45, 2.75) is 43.7 Å². The summed E-state index contributed by atoms with van der Waals surface area (Å²) < 4.78 is 5.22. The summed E-state index contributed by atoms with van der Waals surface area (Å²) in [6.07, 6.45) is 4.93. The molecular weight excluding hydrogens is 442 g/mol. The van der Waals surface area contributed by atoms with Crippen LogP contribution < -0.4 is 10.1 Å². The standard InChI is InChI=1S/C28H31N3O4/c1-35-23-8-4-7-22(15-23)29-28(34)30-16-24-27(25(18-32)31(24)26(33)17-30)21-13-11-20(12-14-21)10-9-19-5-2-3-6-19/h4,7-8,11-15,19,24-25,27,32H,2-3,5-6,16-18H2,1H3,(H,29,34)/t24-,25+,27+/m0/s1. The van der Waals surface area contributed by atoms with E-state index in [4.69, 9.17) is 4.74 Å². The lowest BCUT2D eigenvalue weighted by Gasteiger charge is -2.58. The number of rotatable bonds is 4. The SMILES string of the molecule is COc1cccc(NC(=O)N2CC(=O)N3[C@H](CO)[C@H](c4ccc(C#CC5CCCC5)cc4)[C@@H]3C2)c1. The molecule has 3 aliphatic rings. The zero-order valence-electron chi connectivity index (χ0n) is 19.9. The van der Waals surface area contributed by atoms with Crippen molar-refractivity contribution < 1.29 is 19.4 Å². The van der Waals surface area contributed by atoms with Crippen molar-refractivity contribution in [1.82, 2.24) is 9.80 Å². The topological polar surface area (TPSA) is 82.1 Å². The Labute approximate surface area is 206 Å². The van der Waals surface area contributed by atoms with Crippen LogP contribution in [0.3, 0.4) is 0 Å². The van der Waals surface area contributed by atoms with Gasteiger partial charge in [0.15, 0.2) is 0 Å². The molecule has 3 fully saturated rings. The highest BCUT2D eigenvalue weighted by molar-refractivity contribution is 5.94. The number of methoxy groups -OCH3 is 1. The van der Waals surface area contributed by atoms with Crippen LogP contribution in [-0.4, -0.2) is 65.7 Å². The second kappa shape index (κ2) is 10.0. The van der Waals surface area contributed by atoms with Gasteiger partial charge in [-0.15, -0.1) is 0 Å². The number of amides is 3. The van der Waals surface area contributed by atoms with Gasteiger partial charge in [-0.2, -0.15) is 0 Å². The molecule has 2 heterocycles. The number of nitrogens with zero attached hydrogens (tertiary/aromatic N) is 2. The van der Waals surface area contributed by atoms with Crippen LogP contribution in [0.2, 0.25) is 0 Å². The zero-order chi connectivity index (χ0) is 24.4. The average Bonchev–Trinajstić information content (AvgIpc) is 3.38. The Kier molecular flexibility index (Phi) is 6.65. The van der Waals surface area contributed by atoms with Gasteiger partial charge in [0.2, 0.25) is 5.91 Å². The quantitative estimate of drug-likeness (QED) is 0.667. The molecule has 0 aromatic heterocycles. The van der Waals surface area contributed by atoms with E-state index in [1.54, 1.807) is 41.2 Å². The molecule has 1 saturated carbocycles. The maximum Gasteiger partial charge on any atom is 0.322 e. The number of carbonyl (C=O) groups is 2. The number of ether oxygens (including phenoxy) is 1. The molecule has 3 atom stereocenters. The predicted molar refractivity (Wildman–Crippen MR) is 133 cm³/mol. The molecular formula is C28H31N3O4. The largest absolute Gasteiger partial charge is 0.497 e. The van der Waals surface area contributed by atoms with E-state index in [2.05, 4.69) is 17.2 Å². The molecule has 0 unspecified atom stereocenters. The summed E-state index contributed by atoms with van der Waals surface area (Å²) in [7, 11) is 1.57. The molecule has 2 aromatic carbocycles. The van der Waals surface area contributed by atoms with Gasteiger partial charge < -0.3 is 25.0 Å². The highest BCUT2D eigenvalue weighted by atomic mass is 16.5. The molecule has 35 heavy (non-hydrogen) atoms. The van der Waals surface area contributed by atoms with Gasteiger partial charge in [0.1, 0.15) is 12.3 Å². The predicted octanol–water partition coefficient (Wildman–Crippen LogP) is 3.44. The van der Waals surface area contributed by atoms with E-state index in [0.29, 0.717) is 23.9 Å². The van der Waals surface area contributed by atoms with Crippen LogP contribution in [0, 0.1) is 17.8 Å². The van der Waals surface area contributed by atoms with Crippen molar-refractivity contribution in [2.24, 2.45) is 5.92 Å². The van der Waals surface area contributed by atoms with Crippen molar-refractivity contribution in [3.05, 3.63) is 59.7 Å². The Morgan fingerprint density at radius 1 is 1.17 bits per heavy atom. The highest BCUT2D eigenvalue weighted by Gasteiger charge is 2.54. The van der Waals surface area contributed by atoms with E-state index in [1.807, 2.05) is 24.3 Å². The van der Waals surface area contributed by atoms with E-state index in [-0.39, 0.29) is 43.1 Å². The Morgan fingerprint density at radius 2 is 1.94 bits per heavy atom. The van der Waals surface area contributed by atoms with E-state index in [0.717, 1.165) is 11.1 Å². The first-order chi connectivity index (χ1) is 17.1. The monoisotopic (exact) mass is 473 g/mol. The van der Waals surface area contributed by atoms with Gasteiger partial charge in [-0.25, -0.2) is 4.79 Å². The molecule has 5 rings (SSSR count). The fourth-order valence-electron chi connectivity index (χ4n) is 5.60. The summed E-state index contributed by atoms with van der Waals surface area (Å²) in [6, 6.07) is 14.5. The van der Waals surface area contributed by atoms with Crippen molar-refractivity contribution in [3.8, 4) is 17.6 Å². The fourth-order valence-corrected chi connectivity index (χ4v) is 5.60.